The Morgan fingerprint density at radius 2 is 2.12 bits per heavy atom. The highest BCUT2D eigenvalue weighted by atomic mass is 35.5. The molecule has 3 aromatic rings. The molecule has 134 valence electrons. The van der Waals surface area contributed by atoms with E-state index in [9.17, 15) is 4.79 Å². The Labute approximate surface area is 160 Å². The van der Waals surface area contributed by atoms with Gasteiger partial charge in [0.2, 0.25) is 5.91 Å². The van der Waals surface area contributed by atoms with Crippen molar-refractivity contribution in [1.82, 2.24) is 15.0 Å². The summed E-state index contributed by atoms with van der Waals surface area (Å²) in [6, 6.07) is 9.72. The second-order valence-electron chi connectivity index (χ2n) is 6.11. The van der Waals surface area contributed by atoms with Crippen molar-refractivity contribution >= 4 is 51.8 Å². The van der Waals surface area contributed by atoms with Crippen LogP contribution >= 0.6 is 23.4 Å². The predicted octanol–water partition coefficient (Wildman–Crippen LogP) is 3.94. The van der Waals surface area contributed by atoms with Crippen molar-refractivity contribution in [2.24, 2.45) is 0 Å². The lowest BCUT2D eigenvalue weighted by molar-refractivity contribution is -0.113. The zero-order valence-electron chi connectivity index (χ0n) is 14.0. The van der Waals surface area contributed by atoms with Crippen LogP contribution in [0.4, 0.5) is 11.4 Å². The number of pyridine rings is 1. The number of benzene rings is 1. The third-order valence-electron chi connectivity index (χ3n) is 4.25. The number of fused-ring (bicyclic) bond motifs is 1. The number of carbonyl (C=O) groups excluding carboxylic acids is 1. The monoisotopic (exact) mass is 387 g/mol. The molecule has 2 N–H and O–H groups in total. The zero-order chi connectivity index (χ0) is 17.9. The molecular weight excluding hydrogens is 370 g/mol. The van der Waals surface area contributed by atoms with Gasteiger partial charge in [-0.05, 0) is 31.0 Å². The van der Waals surface area contributed by atoms with Gasteiger partial charge in [0.05, 0.1) is 27.7 Å². The Balaban J connectivity index is 1.41. The highest BCUT2D eigenvalue weighted by Crippen LogP contribution is 2.29. The number of hydrogen-bond donors (Lipinski definition) is 2. The number of halogens is 1. The minimum absolute atomic E-state index is 0.0619. The fourth-order valence-electron chi connectivity index (χ4n) is 3.05. The maximum Gasteiger partial charge on any atom is 0.234 e. The van der Waals surface area contributed by atoms with Crippen LogP contribution in [0.5, 0.6) is 0 Å². The number of thioether (sulfide) groups is 1. The Bertz CT molecular complexity index is 938. The second kappa shape index (κ2) is 7.55. The highest BCUT2D eigenvalue weighted by Gasteiger charge is 2.17. The van der Waals surface area contributed by atoms with Crippen molar-refractivity contribution in [2.45, 2.75) is 18.0 Å². The molecule has 1 aliphatic rings. The predicted molar refractivity (Wildman–Crippen MR) is 106 cm³/mol. The molecule has 3 heterocycles. The molecule has 1 aliphatic heterocycles. The third-order valence-corrected chi connectivity index (χ3v) is 5.33. The van der Waals surface area contributed by atoms with Gasteiger partial charge in [-0.3, -0.25) is 4.79 Å². The van der Waals surface area contributed by atoms with Crippen LogP contribution in [0.25, 0.3) is 11.2 Å². The van der Waals surface area contributed by atoms with Crippen LogP contribution in [-0.2, 0) is 4.79 Å². The average molecular weight is 388 g/mol. The summed E-state index contributed by atoms with van der Waals surface area (Å²) in [7, 11) is 0. The van der Waals surface area contributed by atoms with Gasteiger partial charge in [0.1, 0.15) is 0 Å². The normalized spacial score (nSPS) is 14.1. The average Bonchev–Trinajstić information content (AvgIpc) is 3.29. The minimum Gasteiger partial charge on any atom is -0.370 e. The van der Waals surface area contributed by atoms with Gasteiger partial charge in [0.15, 0.2) is 10.8 Å². The maximum absolute atomic E-state index is 12.4. The van der Waals surface area contributed by atoms with Crippen molar-refractivity contribution in [3.05, 3.63) is 41.6 Å². The Morgan fingerprint density at radius 3 is 2.96 bits per heavy atom. The molecule has 1 fully saturated rings. The minimum atomic E-state index is -0.0619. The molecule has 4 rings (SSSR count). The van der Waals surface area contributed by atoms with E-state index < -0.39 is 0 Å². The Hall–Kier alpha value is -2.25. The van der Waals surface area contributed by atoms with E-state index in [-0.39, 0.29) is 11.7 Å². The van der Waals surface area contributed by atoms with Gasteiger partial charge in [-0.1, -0.05) is 35.5 Å². The van der Waals surface area contributed by atoms with E-state index in [2.05, 4.69) is 31.2 Å². The molecule has 26 heavy (non-hydrogen) atoms. The van der Waals surface area contributed by atoms with Gasteiger partial charge in [-0.15, -0.1) is 0 Å². The first kappa shape index (κ1) is 17.2. The van der Waals surface area contributed by atoms with Crippen LogP contribution in [0.1, 0.15) is 12.8 Å². The summed E-state index contributed by atoms with van der Waals surface area (Å²) in [6.07, 6.45) is 3.95. The largest absolute Gasteiger partial charge is 0.370 e. The van der Waals surface area contributed by atoms with Crippen molar-refractivity contribution in [2.75, 3.05) is 29.1 Å². The molecule has 0 spiro atoms. The van der Waals surface area contributed by atoms with Crippen molar-refractivity contribution in [3.63, 3.8) is 0 Å². The molecular formula is C18H18ClN5OS. The lowest BCUT2D eigenvalue weighted by Crippen LogP contribution is -2.21. The van der Waals surface area contributed by atoms with E-state index in [1.54, 1.807) is 12.3 Å². The van der Waals surface area contributed by atoms with E-state index in [4.69, 9.17) is 11.6 Å². The van der Waals surface area contributed by atoms with Crippen molar-refractivity contribution in [1.29, 1.82) is 0 Å². The first-order valence-electron chi connectivity index (χ1n) is 8.47. The van der Waals surface area contributed by atoms with E-state index >= 15 is 0 Å². The molecule has 0 atom stereocenters. The number of nitrogens with zero attached hydrogens (tertiary/aromatic N) is 3. The van der Waals surface area contributed by atoms with E-state index in [0.29, 0.717) is 15.8 Å². The van der Waals surface area contributed by atoms with Crippen molar-refractivity contribution < 1.29 is 4.79 Å². The lowest BCUT2D eigenvalue weighted by atomic mass is 10.2. The van der Waals surface area contributed by atoms with Gasteiger partial charge in [0, 0.05) is 19.3 Å². The van der Waals surface area contributed by atoms with Crippen LogP contribution in [0.15, 0.2) is 41.7 Å². The number of hydrogen-bond acceptors (Lipinski definition) is 5. The highest BCUT2D eigenvalue weighted by molar-refractivity contribution is 7.99. The molecule has 1 amide bonds. The maximum atomic E-state index is 12.4. The SMILES string of the molecule is O=C(CSc1nc2ncc(Cl)cc2[nH]1)Nc1ccccc1N1CCCC1. The van der Waals surface area contributed by atoms with E-state index in [1.165, 1.54) is 24.6 Å². The van der Waals surface area contributed by atoms with Gasteiger partial charge in [0.25, 0.3) is 0 Å². The lowest BCUT2D eigenvalue weighted by Gasteiger charge is -2.21. The van der Waals surface area contributed by atoms with Gasteiger partial charge in [-0.25, -0.2) is 9.97 Å². The number of anilines is 2. The summed E-state index contributed by atoms with van der Waals surface area (Å²) in [5.74, 6) is 0.204. The summed E-state index contributed by atoms with van der Waals surface area (Å²) in [5.41, 5.74) is 3.31. The number of imidazole rings is 1. The molecule has 0 aliphatic carbocycles. The fourth-order valence-corrected chi connectivity index (χ4v) is 3.89. The standard InChI is InChI=1S/C18H18ClN5OS/c19-12-9-14-17(20-10-12)23-18(22-14)26-11-16(25)21-13-5-1-2-6-15(13)24-7-3-4-8-24/h1-2,5-6,9-10H,3-4,7-8,11H2,(H,21,25)(H,20,22,23). The summed E-state index contributed by atoms with van der Waals surface area (Å²) < 4.78 is 0. The molecule has 2 aromatic heterocycles. The number of H-pyrrole nitrogens is 1. The van der Waals surface area contributed by atoms with E-state index in [0.717, 1.165) is 30.0 Å². The molecule has 0 saturated carbocycles. The quantitative estimate of drug-likeness (QED) is 0.648. The first-order valence-corrected chi connectivity index (χ1v) is 9.83. The van der Waals surface area contributed by atoms with Crippen LogP contribution in [0.2, 0.25) is 5.02 Å². The Kier molecular flexibility index (Phi) is 4.99. The topological polar surface area (TPSA) is 73.9 Å². The molecule has 1 saturated heterocycles. The molecule has 0 bridgehead atoms. The smallest absolute Gasteiger partial charge is 0.234 e. The first-order chi connectivity index (χ1) is 12.7. The number of carbonyl (C=O) groups is 1. The zero-order valence-corrected chi connectivity index (χ0v) is 15.6. The molecule has 0 radical (unpaired) electrons. The van der Waals surface area contributed by atoms with Crippen LogP contribution in [0.3, 0.4) is 0 Å². The number of rotatable bonds is 5. The van der Waals surface area contributed by atoms with Gasteiger partial charge >= 0.3 is 0 Å². The summed E-state index contributed by atoms with van der Waals surface area (Å²) in [4.78, 5) is 26.4. The third kappa shape index (κ3) is 3.78. The van der Waals surface area contributed by atoms with E-state index in [1.807, 2.05) is 18.2 Å². The number of para-hydroxylation sites is 2. The second-order valence-corrected chi connectivity index (χ2v) is 7.52. The molecule has 0 unspecified atom stereocenters. The van der Waals surface area contributed by atoms with Crippen LogP contribution in [-0.4, -0.2) is 39.7 Å². The summed E-state index contributed by atoms with van der Waals surface area (Å²) >= 11 is 7.27. The fraction of sp³-hybridized carbons (Fsp3) is 0.278. The summed E-state index contributed by atoms with van der Waals surface area (Å²) in [5, 5.41) is 4.22. The van der Waals surface area contributed by atoms with Crippen LogP contribution in [0, 0.1) is 0 Å². The number of nitrogens with one attached hydrogen (secondary N) is 2. The summed E-state index contributed by atoms with van der Waals surface area (Å²) in [6.45, 7) is 2.08. The molecule has 6 nitrogen and oxygen atoms in total. The molecule has 1 aromatic carbocycles. The molecule has 8 heteroatoms. The van der Waals surface area contributed by atoms with Gasteiger partial charge in [-0.2, -0.15) is 0 Å². The van der Waals surface area contributed by atoms with Gasteiger partial charge < -0.3 is 15.2 Å². The number of amides is 1. The number of aromatic amines is 1. The van der Waals surface area contributed by atoms with Crippen LogP contribution < -0.4 is 10.2 Å². The Morgan fingerprint density at radius 1 is 1.31 bits per heavy atom. The number of aromatic nitrogens is 3. The van der Waals surface area contributed by atoms with Crippen molar-refractivity contribution in [3.8, 4) is 0 Å².